The van der Waals surface area contributed by atoms with Gasteiger partial charge in [-0.3, -0.25) is 0 Å². The van der Waals surface area contributed by atoms with Crippen molar-refractivity contribution < 1.29 is 5.11 Å². The summed E-state index contributed by atoms with van der Waals surface area (Å²) in [6.07, 6.45) is 2.85. The van der Waals surface area contributed by atoms with Gasteiger partial charge in [0, 0.05) is 5.54 Å². The third-order valence-electron chi connectivity index (χ3n) is 0.814. The van der Waals surface area contributed by atoms with Crippen LogP contribution in [0.5, 0.6) is 0 Å². The number of rotatable bonds is 2. The van der Waals surface area contributed by atoms with Crippen LogP contribution in [0.1, 0.15) is 6.92 Å². The van der Waals surface area contributed by atoms with E-state index in [0.717, 1.165) is 0 Å². The van der Waals surface area contributed by atoms with Crippen molar-refractivity contribution in [2.75, 3.05) is 0 Å². The Morgan fingerprint density at radius 2 is 2.25 bits per heavy atom. The summed E-state index contributed by atoms with van der Waals surface area (Å²) in [6.45, 7) is 4.99. The summed E-state index contributed by atoms with van der Waals surface area (Å²) in [4.78, 5) is 0. The van der Waals surface area contributed by atoms with Gasteiger partial charge in [0.2, 0.25) is 0 Å². The number of hydrogen-bond acceptors (Lipinski definition) is 1. The highest BCUT2D eigenvalue weighted by Crippen LogP contribution is 2.05. The first-order valence-corrected chi connectivity index (χ1v) is 2.70. The van der Waals surface area contributed by atoms with Crippen LogP contribution in [-0.2, 0) is 0 Å². The van der Waals surface area contributed by atoms with E-state index in [2.05, 4.69) is 6.58 Å². The van der Waals surface area contributed by atoms with Crippen LogP contribution in [0.25, 0.3) is 0 Å². The largest absolute Gasteiger partial charge is 0.382 e. The second-order valence-corrected chi connectivity index (χ2v) is 1.97. The Bertz CT molecular complexity index is 105. The third kappa shape index (κ3) is 2.83. The second kappa shape index (κ2) is 2.90. The average molecular weight is 133 g/mol. The van der Waals surface area contributed by atoms with Gasteiger partial charge in [-0.25, -0.2) is 0 Å². The van der Waals surface area contributed by atoms with E-state index < -0.39 is 5.60 Å². The maximum Gasteiger partial charge on any atom is 0.0989 e. The van der Waals surface area contributed by atoms with E-state index in [-0.39, 0.29) is 0 Å². The molecule has 0 fully saturated rings. The Morgan fingerprint density at radius 1 is 1.75 bits per heavy atom. The van der Waals surface area contributed by atoms with Crippen LogP contribution in [0, 0.1) is 0 Å². The zero-order valence-electron chi connectivity index (χ0n) is 4.76. The first-order chi connectivity index (χ1) is 3.62. The Kier molecular flexibility index (Phi) is 2.80. The van der Waals surface area contributed by atoms with E-state index in [1.165, 1.54) is 17.7 Å². The minimum absolute atomic E-state index is 0.957. The van der Waals surface area contributed by atoms with Gasteiger partial charge < -0.3 is 5.11 Å². The van der Waals surface area contributed by atoms with Gasteiger partial charge in [-0.2, -0.15) is 0 Å². The van der Waals surface area contributed by atoms with Gasteiger partial charge in [0.15, 0.2) is 0 Å². The van der Waals surface area contributed by atoms with Crippen molar-refractivity contribution in [2.45, 2.75) is 12.5 Å². The van der Waals surface area contributed by atoms with E-state index in [1.54, 1.807) is 6.92 Å². The molecule has 0 amide bonds. The van der Waals surface area contributed by atoms with Crippen molar-refractivity contribution in [2.24, 2.45) is 0 Å². The Labute approximate surface area is 54.3 Å². The zero-order valence-corrected chi connectivity index (χ0v) is 5.52. The van der Waals surface area contributed by atoms with Gasteiger partial charge in [-0.05, 0) is 13.0 Å². The zero-order chi connectivity index (χ0) is 6.62. The molecule has 0 aromatic heterocycles. The lowest BCUT2D eigenvalue weighted by Crippen LogP contribution is -2.15. The van der Waals surface area contributed by atoms with Crippen molar-refractivity contribution >= 4 is 11.6 Å². The summed E-state index contributed by atoms with van der Waals surface area (Å²) in [7, 11) is 0. The van der Waals surface area contributed by atoms with E-state index in [9.17, 15) is 0 Å². The molecule has 0 spiro atoms. The lowest BCUT2D eigenvalue weighted by Gasteiger charge is -2.10. The molecular formula is C6H9ClO. The smallest absolute Gasteiger partial charge is 0.0989 e. The van der Waals surface area contributed by atoms with Crippen LogP contribution in [0.2, 0.25) is 0 Å². The lowest BCUT2D eigenvalue weighted by atomic mass is 10.1. The minimum Gasteiger partial charge on any atom is -0.382 e. The van der Waals surface area contributed by atoms with Gasteiger partial charge in [0.05, 0.1) is 5.60 Å². The van der Waals surface area contributed by atoms with Crippen LogP contribution in [0.4, 0.5) is 0 Å². The fourth-order valence-corrected chi connectivity index (χ4v) is 0.451. The van der Waals surface area contributed by atoms with Crippen LogP contribution in [0.15, 0.2) is 24.3 Å². The molecule has 0 saturated carbocycles. The van der Waals surface area contributed by atoms with Gasteiger partial charge in [0.1, 0.15) is 0 Å². The first kappa shape index (κ1) is 7.73. The standard InChI is InChI=1S/C6H9ClO/c1-3-6(2,8)4-5-7/h3-5,8H,1H2,2H3/b5-4+. The maximum atomic E-state index is 9.03. The van der Waals surface area contributed by atoms with Crippen molar-refractivity contribution in [1.82, 2.24) is 0 Å². The van der Waals surface area contributed by atoms with Crippen molar-refractivity contribution in [3.63, 3.8) is 0 Å². The second-order valence-electron chi connectivity index (χ2n) is 1.72. The summed E-state index contributed by atoms with van der Waals surface area (Å²) >= 11 is 5.18. The summed E-state index contributed by atoms with van der Waals surface area (Å²) in [6, 6.07) is 0. The van der Waals surface area contributed by atoms with Crippen molar-refractivity contribution in [1.29, 1.82) is 0 Å². The topological polar surface area (TPSA) is 20.2 Å². The molecule has 0 radical (unpaired) electrons. The molecule has 0 heterocycles. The molecule has 0 rings (SSSR count). The maximum absolute atomic E-state index is 9.03. The van der Waals surface area contributed by atoms with Gasteiger partial charge >= 0.3 is 0 Å². The van der Waals surface area contributed by atoms with Crippen molar-refractivity contribution in [3.8, 4) is 0 Å². The lowest BCUT2D eigenvalue weighted by molar-refractivity contribution is 0.164. The molecule has 0 aliphatic heterocycles. The summed E-state index contributed by atoms with van der Waals surface area (Å²) in [5, 5.41) is 9.03. The molecule has 2 heteroatoms. The highest BCUT2D eigenvalue weighted by molar-refractivity contribution is 6.25. The molecular weight excluding hydrogens is 124 g/mol. The molecule has 1 N–H and O–H groups in total. The molecule has 8 heavy (non-hydrogen) atoms. The van der Waals surface area contributed by atoms with Gasteiger partial charge in [0.25, 0.3) is 0 Å². The van der Waals surface area contributed by atoms with Crippen LogP contribution in [-0.4, -0.2) is 10.7 Å². The van der Waals surface area contributed by atoms with E-state index >= 15 is 0 Å². The Hall–Kier alpha value is -0.270. The normalized spacial score (nSPS) is 18.4. The van der Waals surface area contributed by atoms with E-state index in [4.69, 9.17) is 16.7 Å². The van der Waals surface area contributed by atoms with Crippen molar-refractivity contribution in [3.05, 3.63) is 24.3 Å². The monoisotopic (exact) mass is 132 g/mol. The molecule has 0 aromatic carbocycles. The Balaban J connectivity index is 3.90. The number of halogens is 1. The number of aliphatic hydroxyl groups is 1. The molecule has 1 atom stereocenters. The quantitative estimate of drug-likeness (QED) is 0.567. The van der Waals surface area contributed by atoms with E-state index in [1.807, 2.05) is 0 Å². The molecule has 0 aromatic rings. The molecule has 0 saturated heterocycles. The van der Waals surface area contributed by atoms with Crippen LogP contribution < -0.4 is 0 Å². The fourth-order valence-electron chi connectivity index (χ4n) is 0.196. The predicted molar refractivity (Wildman–Crippen MR) is 35.8 cm³/mol. The Morgan fingerprint density at radius 3 is 2.38 bits per heavy atom. The summed E-state index contributed by atoms with van der Waals surface area (Å²) in [5.74, 6) is 0. The third-order valence-corrected chi connectivity index (χ3v) is 0.940. The molecule has 46 valence electrons. The van der Waals surface area contributed by atoms with Gasteiger partial charge in [-0.1, -0.05) is 24.3 Å². The van der Waals surface area contributed by atoms with E-state index in [0.29, 0.717) is 0 Å². The van der Waals surface area contributed by atoms with Crippen LogP contribution in [0.3, 0.4) is 0 Å². The number of hydrogen-bond donors (Lipinski definition) is 1. The fraction of sp³-hybridized carbons (Fsp3) is 0.333. The predicted octanol–water partition coefficient (Wildman–Crippen LogP) is 1.68. The molecule has 0 aliphatic carbocycles. The first-order valence-electron chi connectivity index (χ1n) is 2.26. The molecule has 1 unspecified atom stereocenters. The molecule has 0 aliphatic rings. The SMILES string of the molecule is C=CC(C)(O)/C=C/Cl. The summed E-state index contributed by atoms with van der Waals surface area (Å²) in [5.41, 5.74) is 0.309. The van der Waals surface area contributed by atoms with Crippen LogP contribution >= 0.6 is 11.6 Å². The average Bonchev–Trinajstić information content (AvgIpc) is 1.67. The van der Waals surface area contributed by atoms with Gasteiger partial charge in [-0.15, -0.1) is 0 Å². The highest BCUT2D eigenvalue weighted by Gasteiger charge is 2.07. The highest BCUT2D eigenvalue weighted by atomic mass is 35.5. The minimum atomic E-state index is -0.957. The summed E-state index contributed by atoms with van der Waals surface area (Å²) < 4.78 is 0. The molecule has 0 bridgehead atoms. The molecule has 1 nitrogen and oxygen atoms in total.